The molecule has 2 rings (SSSR count). The lowest BCUT2D eigenvalue weighted by Gasteiger charge is -2.22. The van der Waals surface area contributed by atoms with Crippen LogP contribution in [-0.4, -0.2) is 30.5 Å². The van der Waals surface area contributed by atoms with Gasteiger partial charge in [-0.3, -0.25) is 4.79 Å². The average molecular weight is 312 g/mol. The predicted octanol–water partition coefficient (Wildman–Crippen LogP) is 2.58. The zero-order valence-electron chi connectivity index (χ0n) is 13.4. The van der Waals surface area contributed by atoms with Crippen LogP contribution in [0.2, 0.25) is 0 Å². The Bertz CT molecular complexity index is 572. The number of amides is 1. The number of hydrogen-bond acceptors (Lipinski definition) is 3. The molecule has 0 aromatic heterocycles. The first-order chi connectivity index (χ1) is 11.3. The quantitative estimate of drug-likeness (QED) is 0.774. The average Bonchev–Trinajstić information content (AvgIpc) is 2.60. The molecule has 1 amide bonds. The Kier molecular flexibility index (Phi) is 7.30. The minimum Gasteiger partial charge on any atom is -0.367 e. The zero-order valence-corrected chi connectivity index (χ0v) is 13.4. The Morgan fingerprint density at radius 3 is 2.17 bits per heavy atom. The fourth-order valence-corrected chi connectivity index (χ4v) is 2.30. The van der Waals surface area contributed by atoms with Crippen molar-refractivity contribution < 1.29 is 9.53 Å². The van der Waals surface area contributed by atoms with Crippen LogP contribution in [-0.2, 0) is 22.7 Å². The van der Waals surface area contributed by atoms with Crippen molar-refractivity contribution in [3.63, 3.8) is 0 Å². The van der Waals surface area contributed by atoms with Crippen LogP contribution in [0.1, 0.15) is 17.5 Å². The summed E-state index contributed by atoms with van der Waals surface area (Å²) in [5, 5.41) is 0. The van der Waals surface area contributed by atoms with Gasteiger partial charge >= 0.3 is 0 Å². The number of hydrogen-bond donors (Lipinski definition) is 1. The molecule has 4 nitrogen and oxygen atoms in total. The Morgan fingerprint density at radius 2 is 1.57 bits per heavy atom. The molecular weight excluding hydrogens is 288 g/mol. The van der Waals surface area contributed by atoms with Gasteiger partial charge in [0.2, 0.25) is 5.91 Å². The van der Waals surface area contributed by atoms with Gasteiger partial charge in [0.25, 0.3) is 0 Å². The molecule has 122 valence electrons. The van der Waals surface area contributed by atoms with Crippen LogP contribution in [0.25, 0.3) is 0 Å². The van der Waals surface area contributed by atoms with Gasteiger partial charge in [-0.05, 0) is 24.1 Å². The van der Waals surface area contributed by atoms with Crippen molar-refractivity contribution in [2.24, 2.45) is 5.73 Å². The van der Waals surface area contributed by atoms with Gasteiger partial charge < -0.3 is 15.4 Å². The number of nitrogens with two attached hydrogens (primary N) is 1. The highest BCUT2D eigenvalue weighted by molar-refractivity contribution is 5.77. The summed E-state index contributed by atoms with van der Waals surface area (Å²) in [4.78, 5) is 14.2. The molecule has 0 bridgehead atoms. The minimum atomic E-state index is -0.00164. The number of nitrogens with zero attached hydrogens (tertiary/aromatic N) is 1. The van der Waals surface area contributed by atoms with E-state index in [1.54, 1.807) is 0 Å². The predicted molar refractivity (Wildman–Crippen MR) is 91.6 cm³/mol. The first-order valence-electron chi connectivity index (χ1n) is 7.93. The van der Waals surface area contributed by atoms with Crippen molar-refractivity contribution in [1.82, 2.24) is 4.90 Å². The molecule has 0 unspecified atom stereocenters. The van der Waals surface area contributed by atoms with E-state index in [0.29, 0.717) is 26.2 Å². The third-order valence-electron chi connectivity index (χ3n) is 3.54. The van der Waals surface area contributed by atoms with Gasteiger partial charge in [-0.25, -0.2) is 0 Å². The van der Waals surface area contributed by atoms with Gasteiger partial charge in [0, 0.05) is 13.1 Å². The maximum absolute atomic E-state index is 12.4. The van der Waals surface area contributed by atoms with E-state index in [-0.39, 0.29) is 12.5 Å². The lowest BCUT2D eigenvalue weighted by molar-refractivity contribution is -0.137. The Balaban J connectivity index is 1.85. The second kappa shape index (κ2) is 9.77. The highest BCUT2D eigenvalue weighted by Gasteiger charge is 2.13. The van der Waals surface area contributed by atoms with E-state index in [4.69, 9.17) is 10.5 Å². The Labute approximate surface area is 137 Å². The number of carbonyl (C=O) groups is 1. The van der Waals surface area contributed by atoms with Crippen LogP contribution in [0, 0.1) is 0 Å². The SMILES string of the molecule is NCCCN(Cc1ccccc1)C(=O)COCc1ccccc1. The fraction of sp³-hybridized carbons (Fsp3) is 0.316. The normalized spacial score (nSPS) is 10.5. The summed E-state index contributed by atoms with van der Waals surface area (Å²) >= 11 is 0. The standard InChI is InChI=1S/C19H24N2O2/c20-12-7-13-21(14-17-8-3-1-4-9-17)19(22)16-23-15-18-10-5-2-6-11-18/h1-6,8-11H,7,12-16,20H2. The number of carbonyl (C=O) groups excluding carboxylic acids is 1. The number of rotatable bonds is 9. The molecule has 0 aliphatic heterocycles. The summed E-state index contributed by atoms with van der Waals surface area (Å²) in [6.07, 6.45) is 0.789. The summed E-state index contributed by atoms with van der Waals surface area (Å²) in [6.45, 7) is 2.35. The van der Waals surface area contributed by atoms with Crippen LogP contribution in [0.15, 0.2) is 60.7 Å². The van der Waals surface area contributed by atoms with Gasteiger partial charge in [-0.1, -0.05) is 60.7 Å². The zero-order chi connectivity index (χ0) is 16.3. The molecule has 0 atom stereocenters. The molecule has 0 aliphatic rings. The van der Waals surface area contributed by atoms with E-state index < -0.39 is 0 Å². The minimum absolute atomic E-state index is 0.00164. The summed E-state index contributed by atoms with van der Waals surface area (Å²) in [5.41, 5.74) is 7.76. The second-order valence-corrected chi connectivity index (χ2v) is 5.42. The first kappa shape index (κ1) is 17.2. The molecule has 0 saturated heterocycles. The molecule has 2 N–H and O–H groups in total. The molecule has 0 radical (unpaired) electrons. The summed E-state index contributed by atoms with van der Waals surface area (Å²) in [5.74, 6) is -0.00164. The molecule has 0 aliphatic carbocycles. The second-order valence-electron chi connectivity index (χ2n) is 5.42. The highest BCUT2D eigenvalue weighted by atomic mass is 16.5. The van der Waals surface area contributed by atoms with E-state index in [2.05, 4.69) is 0 Å². The van der Waals surface area contributed by atoms with Crippen LogP contribution in [0.4, 0.5) is 0 Å². The van der Waals surface area contributed by atoms with E-state index >= 15 is 0 Å². The number of benzene rings is 2. The molecule has 0 heterocycles. The van der Waals surface area contributed by atoms with Crippen LogP contribution < -0.4 is 5.73 Å². The van der Waals surface area contributed by atoms with Crippen molar-refractivity contribution in [1.29, 1.82) is 0 Å². The summed E-state index contributed by atoms with van der Waals surface area (Å²) < 4.78 is 5.56. The van der Waals surface area contributed by atoms with E-state index in [1.165, 1.54) is 0 Å². The molecular formula is C19H24N2O2. The lowest BCUT2D eigenvalue weighted by Crippen LogP contribution is -2.35. The van der Waals surface area contributed by atoms with Crippen LogP contribution in [0.5, 0.6) is 0 Å². The van der Waals surface area contributed by atoms with E-state index in [9.17, 15) is 4.79 Å². The molecule has 2 aromatic rings. The molecule has 2 aromatic carbocycles. The monoisotopic (exact) mass is 312 g/mol. The largest absolute Gasteiger partial charge is 0.367 e. The fourth-order valence-electron chi connectivity index (χ4n) is 2.30. The van der Waals surface area contributed by atoms with Gasteiger partial charge in [0.05, 0.1) is 6.61 Å². The molecule has 4 heteroatoms. The van der Waals surface area contributed by atoms with Crippen molar-refractivity contribution in [3.8, 4) is 0 Å². The number of ether oxygens (including phenoxy) is 1. The van der Waals surface area contributed by atoms with Crippen molar-refractivity contribution in [3.05, 3.63) is 71.8 Å². The molecule has 0 saturated carbocycles. The Morgan fingerprint density at radius 1 is 0.957 bits per heavy atom. The van der Waals surface area contributed by atoms with Crippen molar-refractivity contribution in [2.45, 2.75) is 19.6 Å². The summed E-state index contributed by atoms with van der Waals surface area (Å²) in [7, 11) is 0. The third kappa shape index (κ3) is 6.22. The van der Waals surface area contributed by atoms with Crippen LogP contribution >= 0.6 is 0 Å². The van der Waals surface area contributed by atoms with Gasteiger partial charge in [-0.15, -0.1) is 0 Å². The molecule has 0 fully saturated rings. The smallest absolute Gasteiger partial charge is 0.248 e. The lowest BCUT2D eigenvalue weighted by atomic mass is 10.2. The van der Waals surface area contributed by atoms with Crippen molar-refractivity contribution >= 4 is 5.91 Å². The summed E-state index contributed by atoms with van der Waals surface area (Å²) in [6, 6.07) is 19.8. The maximum Gasteiger partial charge on any atom is 0.248 e. The first-order valence-corrected chi connectivity index (χ1v) is 7.93. The van der Waals surface area contributed by atoms with E-state index in [1.807, 2.05) is 65.6 Å². The molecule has 23 heavy (non-hydrogen) atoms. The highest BCUT2D eigenvalue weighted by Crippen LogP contribution is 2.07. The third-order valence-corrected chi connectivity index (χ3v) is 3.54. The maximum atomic E-state index is 12.4. The van der Waals surface area contributed by atoms with E-state index in [0.717, 1.165) is 17.5 Å². The van der Waals surface area contributed by atoms with Crippen LogP contribution in [0.3, 0.4) is 0 Å². The van der Waals surface area contributed by atoms with Gasteiger partial charge in [-0.2, -0.15) is 0 Å². The topological polar surface area (TPSA) is 55.6 Å². The Hall–Kier alpha value is -2.17. The van der Waals surface area contributed by atoms with Crippen molar-refractivity contribution in [2.75, 3.05) is 19.7 Å². The molecule has 0 spiro atoms. The van der Waals surface area contributed by atoms with Gasteiger partial charge in [0.15, 0.2) is 0 Å². The van der Waals surface area contributed by atoms with Gasteiger partial charge in [0.1, 0.15) is 6.61 Å².